The fourth-order valence-corrected chi connectivity index (χ4v) is 1.25. The molecule has 0 aliphatic rings. The van der Waals surface area contributed by atoms with Gasteiger partial charge in [-0.3, -0.25) is 4.79 Å². The molecule has 0 radical (unpaired) electrons. The number of ether oxygens (including phenoxy) is 1. The van der Waals surface area contributed by atoms with Gasteiger partial charge < -0.3 is 4.74 Å². The van der Waals surface area contributed by atoms with Crippen molar-refractivity contribution in [3.63, 3.8) is 0 Å². The molecule has 0 saturated carbocycles. The number of hydrogen-bond donors (Lipinski definition) is 0. The molecule has 0 spiro atoms. The van der Waals surface area contributed by atoms with E-state index in [9.17, 15) is 9.18 Å². The first-order valence-corrected chi connectivity index (χ1v) is 4.47. The third-order valence-corrected chi connectivity index (χ3v) is 2.51. The molecule has 1 aromatic rings. The molecule has 70 valence electrons. The van der Waals surface area contributed by atoms with Gasteiger partial charge in [-0.2, -0.15) is 4.39 Å². The number of rotatable bonds is 3. The quantitative estimate of drug-likeness (QED) is 0.767. The van der Waals surface area contributed by atoms with Crippen molar-refractivity contribution in [3.8, 4) is 5.75 Å². The maximum atomic E-state index is 11.8. The smallest absolute Gasteiger partial charge is 0.338 e. The zero-order valence-electron chi connectivity index (χ0n) is 7.01. The first kappa shape index (κ1) is 10.2. The minimum Gasteiger partial charge on any atom is -0.482 e. The third kappa shape index (κ3) is 2.81. The summed E-state index contributed by atoms with van der Waals surface area (Å²) in [7, 11) is 0. The first-order chi connectivity index (χ1) is 6.11. The highest BCUT2D eigenvalue weighted by molar-refractivity contribution is 9.10. The highest BCUT2D eigenvalue weighted by Crippen LogP contribution is 2.27. The lowest BCUT2D eigenvalue weighted by molar-refractivity contribution is -0.131. The zero-order valence-corrected chi connectivity index (χ0v) is 8.60. The Morgan fingerprint density at radius 2 is 2.31 bits per heavy atom. The Morgan fingerprint density at radius 3 is 2.92 bits per heavy atom. The van der Waals surface area contributed by atoms with Crippen LogP contribution < -0.4 is 4.74 Å². The second kappa shape index (κ2) is 4.37. The van der Waals surface area contributed by atoms with E-state index in [1.165, 1.54) is 0 Å². The molecule has 0 amide bonds. The molecule has 0 aliphatic heterocycles. The zero-order chi connectivity index (χ0) is 9.84. The Kier molecular flexibility index (Phi) is 3.42. The summed E-state index contributed by atoms with van der Waals surface area (Å²) < 4.78 is 17.5. The Hall–Kier alpha value is -0.900. The van der Waals surface area contributed by atoms with Crippen LogP contribution in [0.2, 0.25) is 0 Å². The van der Waals surface area contributed by atoms with Gasteiger partial charge in [0.25, 0.3) is 0 Å². The molecule has 0 N–H and O–H groups in total. The molecule has 0 bridgehead atoms. The summed E-state index contributed by atoms with van der Waals surface area (Å²) in [6, 6.07) is 3.85. The first-order valence-electron chi connectivity index (χ1n) is 3.67. The highest BCUT2D eigenvalue weighted by Gasteiger charge is 2.05. The van der Waals surface area contributed by atoms with Crippen molar-refractivity contribution < 1.29 is 13.9 Å². The normalized spacial score (nSPS) is 9.77. The number of aryl methyl sites for hydroxylation is 1. The number of hydrogen-bond acceptors (Lipinski definition) is 2. The van der Waals surface area contributed by atoms with E-state index in [4.69, 9.17) is 4.74 Å². The molecule has 0 fully saturated rings. The van der Waals surface area contributed by atoms with Crippen LogP contribution in [-0.4, -0.2) is 12.6 Å². The second-order valence-electron chi connectivity index (χ2n) is 2.53. The number of carbonyl (C=O) groups is 1. The van der Waals surface area contributed by atoms with Gasteiger partial charge in [0.2, 0.25) is 0 Å². The van der Waals surface area contributed by atoms with Gasteiger partial charge in [-0.25, -0.2) is 0 Å². The van der Waals surface area contributed by atoms with E-state index in [1.807, 2.05) is 13.0 Å². The summed E-state index contributed by atoms with van der Waals surface area (Å²) in [4.78, 5) is 10.0. The van der Waals surface area contributed by atoms with Crippen LogP contribution in [0.15, 0.2) is 22.7 Å². The lowest BCUT2D eigenvalue weighted by Gasteiger charge is -2.06. The number of halogens is 2. The van der Waals surface area contributed by atoms with Crippen molar-refractivity contribution in [1.29, 1.82) is 0 Å². The van der Waals surface area contributed by atoms with E-state index in [0.29, 0.717) is 5.75 Å². The Morgan fingerprint density at radius 1 is 1.62 bits per heavy atom. The maximum Gasteiger partial charge on any atom is 0.338 e. The van der Waals surface area contributed by atoms with Gasteiger partial charge in [-0.1, -0.05) is 12.1 Å². The third-order valence-electron chi connectivity index (χ3n) is 1.50. The fraction of sp³-hybridized carbons (Fsp3) is 0.222. The predicted octanol–water partition coefficient (Wildman–Crippen LogP) is 2.63. The van der Waals surface area contributed by atoms with Gasteiger partial charge in [0.15, 0.2) is 6.61 Å². The summed E-state index contributed by atoms with van der Waals surface area (Å²) in [5.74, 6) is 0.478. The second-order valence-corrected chi connectivity index (χ2v) is 3.32. The lowest BCUT2D eigenvalue weighted by atomic mass is 10.2. The van der Waals surface area contributed by atoms with E-state index in [2.05, 4.69) is 15.9 Å². The molecule has 0 unspecified atom stereocenters. The molecule has 1 rings (SSSR count). The summed E-state index contributed by atoms with van der Waals surface area (Å²) in [6.07, 6.45) is 0. The Balaban J connectivity index is 2.77. The predicted molar refractivity (Wildman–Crippen MR) is 50.5 cm³/mol. The van der Waals surface area contributed by atoms with Crippen molar-refractivity contribution in [1.82, 2.24) is 0 Å². The summed E-state index contributed by atoms with van der Waals surface area (Å²) >= 11 is 3.27. The molecule has 0 atom stereocenters. The van der Waals surface area contributed by atoms with Crippen LogP contribution in [-0.2, 0) is 4.79 Å². The van der Waals surface area contributed by atoms with Gasteiger partial charge in [0.05, 0.1) is 4.47 Å². The monoisotopic (exact) mass is 246 g/mol. The van der Waals surface area contributed by atoms with E-state index in [1.54, 1.807) is 12.1 Å². The number of benzene rings is 1. The largest absolute Gasteiger partial charge is 0.482 e. The fourth-order valence-electron chi connectivity index (χ4n) is 0.866. The SMILES string of the molecule is Cc1cccc(OCC(=O)F)c1Br. The van der Waals surface area contributed by atoms with Crippen LogP contribution in [0.5, 0.6) is 5.75 Å². The molecule has 0 saturated heterocycles. The van der Waals surface area contributed by atoms with E-state index in [0.717, 1.165) is 10.0 Å². The van der Waals surface area contributed by atoms with E-state index in [-0.39, 0.29) is 0 Å². The van der Waals surface area contributed by atoms with Gasteiger partial charge >= 0.3 is 6.04 Å². The summed E-state index contributed by atoms with van der Waals surface area (Å²) in [5, 5.41) is 0. The van der Waals surface area contributed by atoms with Crippen molar-refractivity contribution >= 4 is 22.0 Å². The minimum absolute atomic E-state index is 0.478. The molecule has 1 aromatic carbocycles. The van der Waals surface area contributed by atoms with E-state index < -0.39 is 12.6 Å². The molecule has 4 heteroatoms. The van der Waals surface area contributed by atoms with E-state index >= 15 is 0 Å². The molecule has 2 nitrogen and oxygen atoms in total. The molecule has 0 heterocycles. The van der Waals surface area contributed by atoms with Crippen LogP contribution >= 0.6 is 15.9 Å². The van der Waals surface area contributed by atoms with Crippen LogP contribution in [0.4, 0.5) is 4.39 Å². The topological polar surface area (TPSA) is 26.3 Å². The Bertz CT molecular complexity index is 325. The summed E-state index contributed by atoms with van der Waals surface area (Å²) in [6.45, 7) is 1.34. The van der Waals surface area contributed by atoms with Crippen LogP contribution in [0.25, 0.3) is 0 Å². The van der Waals surface area contributed by atoms with Crippen molar-refractivity contribution in [2.45, 2.75) is 6.92 Å². The molecule has 0 aliphatic carbocycles. The number of carbonyl (C=O) groups excluding carboxylic acids is 1. The van der Waals surface area contributed by atoms with Gasteiger partial charge in [-0.05, 0) is 34.5 Å². The van der Waals surface area contributed by atoms with Crippen molar-refractivity contribution in [2.75, 3.05) is 6.61 Å². The average molecular weight is 247 g/mol. The molecular weight excluding hydrogens is 239 g/mol. The van der Waals surface area contributed by atoms with Crippen LogP contribution in [0.1, 0.15) is 5.56 Å². The van der Waals surface area contributed by atoms with Gasteiger partial charge in [-0.15, -0.1) is 0 Å². The molecule has 13 heavy (non-hydrogen) atoms. The Labute approximate surface area is 83.8 Å². The maximum absolute atomic E-state index is 11.8. The molecule has 0 aromatic heterocycles. The van der Waals surface area contributed by atoms with Crippen molar-refractivity contribution in [3.05, 3.63) is 28.2 Å². The summed E-state index contributed by atoms with van der Waals surface area (Å²) in [5.41, 5.74) is 0.976. The highest BCUT2D eigenvalue weighted by atomic mass is 79.9. The average Bonchev–Trinajstić information content (AvgIpc) is 2.07. The molecular formula is C9H8BrFO2. The van der Waals surface area contributed by atoms with Crippen molar-refractivity contribution in [2.24, 2.45) is 0 Å². The lowest BCUT2D eigenvalue weighted by Crippen LogP contribution is -2.05. The van der Waals surface area contributed by atoms with Gasteiger partial charge in [0.1, 0.15) is 5.75 Å². The minimum atomic E-state index is -1.48. The van der Waals surface area contributed by atoms with Gasteiger partial charge in [0, 0.05) is 0 Å². The standard InChI is InChI=1S/C9H8BrFO2/c1-6-3-2-4-7(9(6)10)13-5-8(11)12/h2-4H,5H2,1H3. The van der Waals surface area contributed by atoms with Crippen LogP contribution in [0.3, 0.4) is 0 Å². The van der Waals surface area contributed by atoms with Crippen LogP contribution in [0, 0.1) is 6.92 Å².